The standard InChI is InChI=1S/C23H30ClNO3/c1-18(17-28-23-9-5-6-14-27-23)25(15-19-7-3-2-4-8-19)16-22(26)20-10-12-21(24)13-11-20/h2-4,7-8,10-13,18,22-23,26H,5-6,9,14-17H2,1H3/t18?,22-,23?/m0/s1. The Bertz CT molecular complexity index is 689. The van der Waals surface area contributed by atoms with Gasteiger partial charge in [-0.2, -0.15) is 0 Å². The van der Waals surface area contributed by atoms with Crippen LogP contribution in [0, 0.1) is 0 Å². The van der Waals surface area contributed by atoms with Gasteiger partial charge in [-0.3, -0.25) is 4.90 Å². The van der Waals surface area contributed by atoms with Crippen LogP contribution in [0.15, 0.2) is 54.6 Å². The lowest BCUT2D eigenvalue weighted by atomic mass is 10.1. The lowest BCUT2D eigenvalue weighted by molar-refractivity contribution is -0.170. The number of halogens is 1. The Labute approximate surface area is 173 Å². The summed E-state index contributed by atoms with van der Waals surface area (Å²) in [6.45, 7) is 4.77. The van der Waals surface area contributed by atoms with Crippen molar-refractivity contribution in [3.8, 4) is 0 Å². The molecule has 0 spiro atoms. The molecule has 2 aromatic rings. The first-order valence-electron chi connectivity index (χ1n) is 10.1. The number of aliphatic hydroxyl groups excluding tert-OH is 1. The second-order valence-electron chi connectivity index (χ2n) is 7.46. The zero-order chi connectivity index (χ0) is 19.8. The molecule has 0 aliphatic carbocycles. The summed E-state index contributed by atoms with van der Waals surface area (Å²) in [4.78, 5) is 2.26. The Morgan fingerprint density at radius 3 is 2.57 bits per heavy atom. The minimum atomic E-state index is -0.589. The van der Waals surface area contributed by atoms with Crippen molar-refractivity contribution < 1.29 is 14.6 Å². The molecular formula is C23H30ClNO3. The molecule has 2 aromatic carbocycles. The lowest BCUT2D eigenvalue weighted by Gasteiger charge is -2.32. The molecule has 1 aliphatic rings. The molecule has 1 N–H and O–H groups in total. The quantitative estimate of drug-likeness (QED) is 0.652. The van der Waals surface area contributed by atoms with E-state index in [-0.39, 0.29) is 12.3 Å². The molecule has 4 nitrogen and oxygen atoms in total. The highest BCUT2D eigenvalue weighted by atomic mass is 35.5. The molecule has 1 aliphatic heterocycles. The number of ether oxygens (including phenoxy) is 2. The van der Waals surface area contributed by atoms with Crippen molar-refractivity contribution in [3.63, 3.8) is 0 Å². The predicted molar refractivity (Wildman–Crippen MR) is 112 cm³/mol. The minimum Gasteiger partial charge on any atom is -0.387 e. The highest BCUT2D eigenvalue weighted by Crippen LogP contribution is 2.21. The Hall–Kier alpha value is -1.43. The van der Waals surface area contributed by atoms with Gasteiger partial charge < -0.3 is 14.6 Å². The van der Waals surface area contributed by atoms with Gasteiger partial charge in [0, 0.05) is 30.8 Å². The second-order valence-corrected chi connectivity index (χ2v) is 7.90. The van der Waals surface area contributed by atoms with E-state index in [0.29, 0.717) is 18.2 Å². The third kappa shape index (κ3) is 6.57. The molecule has 0 radical (unpaired) electrons. The van der Waals surface area contributed by atoms with E-state index >= 15 is 0 Å². The summed E-state index contributed by atoms with van der Waals surface area (Å²) in [5.41, 5.74) is 2.08. The van der Waals surface area contributed by atoms with E-state index in [2.05, 4.69) is 24.0 Å². The van der Waals surface area contributed by atoms with Gasteiger partial charge in [-0.15, -0.1) is 0 Å². The van der Waals surface area contributed by atoms with Crippen LogP contribution in [0.25, 0.3) is 0 Å². The third-order valence-electron chi connectivity index (χ3n) is 5.18. The maximum absolute atomic E-state index is 10.8. The summed E-state index contributed by atoms with van der Waals surface area (Å²) >= 11 is 5.97. The van der Waals surface area contributed by atoms with Crippen molar-refractivity contribution in [2.75, 3.05) is 19.8 Å². The number of benzene rings is 2. The number of hydrogen-bond acceptors (Lipinski definition) is 4. The van der Waals surface area contributed by atoms with Gasteiger partial charge in [0.1, 0.15) is 0 Å². The first-order chi connectivity index (χ1) is 13.6. The van der Waals surface area contributed by atoms with Crippen LogP contribution in [0.2, 0.25) is 5.02 Å². The van der Waals surface area contributed by atoms with E-state index in [1.54, 1.807) is 0 Å². The van der Waals surface area contributed by atoms with Gasteiger partial charge in [0.05, 0.1) is 12.7 Å². The normalized spacial score (nSPS) is 19.5. The van der Waals surface area contributed by atoms with Gasteiger partial charge >= 0.3 is 0 Å². The van der Waals surface area contributed by atoms with E-state index in [9.17, 15) is 5.11 Å². The fourth-order valence-corrected chi connectivity index (χ4v) is 3.55. The van der Waals surface area contributed by atoms with E-state index in [1.165, 1.54) is 5.56 Å². The summed E-state index contributed by atoms with van der Waals surface area (Å²) in [5, 5.41) is 11.4. The molecule has 1 saturated heterocycles. The van der Waals surface area contributed by atoms with E-state index in [4.69, 9.17) is 21.1 Å². The average Bonchev–Trinajstić information content (AvgIpc) is 2.73. The van der Waals surface area contributed by atoms with Crippen molar-refractivity contribution in [1.29, 1.82) is 0 Å². The zero-order valence-electron chi connectivity index (χ0n) is 16.5. The fourth-order valence-electron chi connectivity index (χ4n) is 3.43. The average molecular weight is 404 g/mol. The molecular weight excluding hydrogens is 374 g/mol. The molecule has 1 fully saturated rings. The van der Waals surface area contributed by atoms with Crippen LogP contribution >= 0.6 is 11.6 Å². The molecule has 0 saturated carbocycles. The molecule has 0 aromatic heterocycles. The summed E-state index contributed by atoms with van der Waals surface area (Å²) in [5.74, 6) is 0. The maximum atomic E-state index is 10.8. The topological polar surface area (TPSA) is 41.9 Å². The maximum Gasteiger partial charge on any atom is 0.157 e. The highest BCUT2D eigenvalue weighted by Gasteiger charge is 2.22. The molecule has 3 atom stereocenters. The van der Waals surface area contributed by atoms with E-state index < -0.39 is 6.10 Å². The highest BCUT2D eigenvalue weighted by molar-refractivity contribution is 6.30. The van der Waals surface area contributed by atoms with Crippen molar-refractivity contribution in [3.05, 3.63) is 70.7 Å². The Morgan fingerprint density at radius 1 is 1.14 bits per heavy atom. The van der Waals surface area contributed by atoms with E-state index in [1.807, 2.05) is 42.5 Å². The van der Waals surface area contributed by atoms with Crippen molar-refractivity contribution >= 4 is 11.6 Å². The summed E-state index contributed by atoms with van der Waals surface area (Å²) in [6, 6.07) is 17.9. The van der Waals surface area contributed by atoms with Crippen molar-refractivity contribution in [2.24, 2.45) is 0 Å². The number of aliphatic hydroxyl groups is 1. The Morgan fingerprint density at radius 2 is 1.89 bits per heavy atom. The van der Waals surface area contributed by atoms with E-state index in [0.717, 1.165) is 38.0 Å². The van der Waals surface area contributed by atoms with Crippen LogP contribution in [-0.2, 0) is 16.0 Å². The van der Waals surface area contributed by atoms with Gasteiger partial charge in [0.2, 0.25) is 0 Å². The SMILES string of the molecule is CC(COC1CCCCO1)N(Cc1ccccc1)C[C@H](O)c1ccc(Cl)cc1. The predicted octanol–water partition coefficient (Wildman–Crippen LogP) is 4.81. The molecule has 0 bridgehead atoms. The third-order valence-corrected chi connectivity index (χ3v) is 5.43. The van der Waals surface area contributed by atoms with Crippen LogP contribution in [0.1, 0.15) is 43.4 Å². The molecule has 0 amide bonds. The van der Waals surface area contributed by atoms with Gasteiger partial charge in [-0.25, -0.2) is 0 Å². The monoisotopic (exact) mass is 403 g/mol. The summed E-state index contributed by atoms with van der Waals surface area (Å²) in [7, 11) is 0. The lowest BCUT2D eigenvalue weighted by Crippen LogP contribution is -2.40. The summed E-state index contributed by atoms with van der Waals surface area (Å²) < 4.78 is 11.7. The largest absolute Gasteiger partial charge is 0.387 e. The molecule has 28 heavy (non-hydrogen) atoms. The van der Waals surface area contributed by atoms with Crippen LogP contribution in [-0.4, -0.2) is 42.1 Å². The fraction of sp³-hybridized carbons (Fsp3) is 0.478. The van der Waals surface area contributed by atoms with Crippen LogP contribution in [0.5, 0.6) is 0 Å². The number of hydrogen-bond donors (Lipinski definition) is 1. The number of rotatable bonds is 9. The van der Waals surface area contributed by atoms with Crippen LogP contribution in [0.3, 0.4) is 0 Å². The van der Waals surface area contributed by atoms with Gasteiger partial charge in [0.15, 0.2) is 6.29 Å². The minimum absolute atomic E-state index is 0.101. The van der Waals surface area contributed by atoms with Gasteiger partial charge in [-0.1, -0.05) is 54.1 Å². The Kier molecular flexibility index (Phi) is 8.31. The van der Waals surface area contributed by atoms with Crippen molar-refractivity contribution in [1.82, 2.24) is 4.90 Å². The summed E-state index contributed by atoms with van der Waals surface area (Å²) in [6.07, 6.45) is 2.54. The van der Waals surface area contributed by atoms with Gasteiger partial charge in [-0.05, 0) is 49.4 Å². The van der Waals surface area contributed by atoms with Crippen LogP contribution in [0.4, 0.5) is 0 Å². The molecule has 5 heteroatoms. The molecule has 1 heterocycles. The Balaban J connectivity index is 1.63. The first kappa shape index (κ1) is 21.3. The van der Waals surface area contributed by atoms with Gasteiger partial charge in [0.25, 0.3) is 0 Å². The number of nitrogens with zero attached hydrogens (tertiary/aromatic N) is 1. The first-order valence-corrected chi connectivity index (χ1v) is 10.4. The van der Waals surface area contributed by atoms with Crippen LogP contribution < -0.4 is 0 Å². The van der Waals surface area contributed by atoms with Crippen molar-refractivity contribution in [2.45, 2.75) is 51.2 Å². The molecule has 3 rings (SSSR count). The zero-order valence-corrected chi connectivity index (χ0v) is 17.2. The second kappa shape index (κ2) is 10.9. The smallest absolute Gasteiger partial charge is 0.157 e. The molecule has 2 unspecified atom stereocenters. The molecule has 152 valence electrons.